The maximum Gasteiger partial charge on any atom is 0.123 e. The van der Waals surface area contributed by atoms with Crippen molar-refractivity contribution in [3.8, 4) is 5.75 Å². The molecule has 19 heavy (non-hydrogen) atoms. The first-order valence-electron chi connectivity index (χ1n) is 7.26. The summed E-state index contributed by atoms with van der Waals surface area (Å²) >= 11 is 0. The molecule has 3 nitrogen and oxygen atoms in total. The summed E-state index contributed by atoms with van der Waals surface area (Å²) in [6, 6.07) is 8.71. The fourth-order valence-corrected chi connectivity index (χ4v) is 3.00. The van der Waals surface area contributed by atoms with Crippen LogP contribution in [0.5, 0.6) is 5.75 Å². The molecule has 0 radical (unpaired) electrons. The van der Waals surface area contributed by atoms with Crippen molar-refractivity contribution in [2.75, 3.05) is 20.2 Å². The topological polar surface area (TPSA) is 38.5 Å². The van der Waals surface area contributed by atoms with E-state index >= 15 is 0 Å². The number of piperidine rings is 1. The van der Waals surface area contributed by atoms with E-state index in [9.17, 15) is 0 Å². The van der Waals surface area contributed by atoms with Crippen LogP contribution in [-0.2, 0) is 0 Å². The molecule has 2 N–H and O–H groups in total. The lowest BCUT2D eigenvalue weighted by Crippen LogP contribution is -2.45. The molecule has 3 unspecified atom stereocenters. The number of likely N-dealkylation sites (tertiary alicyclic amines) is 1. The molecule has 106 valence electrons. The van der Waals surface area contributed by atoms with Crippen LogP contribution in [0.4, 0.5) is 0 Å². The maximum absolute atomic E-state index is 6.39. The number of ether oxygens (including phenoxy) is 1. The third-order valence-electron chi connectivity index (χ3n) is 4.47. The molecule has 0 aromatic heterocycles. The Morgan fingerprint density at radius 3 is 2.84 bits per heavy atom. The van der Waals surface area contributed by atoms with E-state index in [0.29, 0.717) is 6.04 Å². The van der Waals surface area contributed by atoms with Gasteiger partial charge in [0.05, 0.1) is 7.11 Å². The minimum atomic E-state index is 0.0175. The summed E-state index contributed by atoms with van der Waals surface area (Å²) in [5, 5.41) is 0. The first-order valence-corrected chi connectivity index (χ1v) is 7.26. The van der Waals surface area contributed by atoms with Crippen molar-refractivity contribution in [2.45, 2.75) is 38.8 Å². The van der Waals surface area contributed by atoms with Crippen LogP contribution in [0.15, 0.2) is 24.3 Å². The summed E-state index contributed by atoms with van der Waals surface area (Å²) in [5.74, 6) is 1.66. The summed E-state index contributed by atoms with van der Waals surface area (Å²) in [5.41, 5.74) is 7.50. The SMILES string of the molecule is COc1ccccc1C(N)CN1CCCC(C)C1C. The molecule has 2 rings (SSSR count). The fraction of sp³-hybridized carbons (Fsp3) is 0.625. The predicted octanol–water partition coefficient (Wildman–Crippen LogP) is 2.82. The van der Waals surface area contributed by atoms with Crippen LogP contribution in [0.3, 0.4) is 0 Å². The van der Waals surface area contributed by atoms with Crippen molar-refractivity contribution in [3.05, 3.63) is 29.8 Å². The first-order chi connectivity index (χ1) is 9.13. The lowest BCUT2D eigenvalue weighted by atomic mass is 9.91. The molecule has 1 heterocycles. The molecule has 1 aliphatic rings. The van der Waals surface area contributed by atoms with Crippen molar-refractivity contribution in [1.29, 1.82) is 0 Å². The number of nitrogens with zero attached hydrogens (tertiary/aromatic N) is 1. The Morgan fingerprint density at radius 1 is 1.37 bits per heavy atom. The molecule has 3 heteroatoms. The van der Waals surface area contributed by atoms with E-state index in [1.807, 2.05) is 18.2 Å². The summed E-state index contributed by atoms with van der Waals surface area (Å²) in [4.78, 5) is 2.52. The van der Waals surface area contributed by atoms with Gasteiger partial charge in [-0.25, -0.2) is 0 Å². The number of hydrogen-bond acceptors (Lipinski definition) is 3. The Balaban J connectivity index is 2.06. The van der Waals surface area contributed by atoms with E-state index in [2.05, 4.69) is 24.8 Å². The van der Waals surface area contributed by atoms with E-state index in [0.717, 1.165) is 30.3 Å². The van der Waals surface area contributed by atoms with Crippen LogP contribution in [0.2, 0.25) is 0 Å². The van der Waals surface area contributed by atoms with Gasteiger partial charge in [0.25, 0.3) is 0 Å². The molecule has 1 aliphatic heterocycles. The van der Waals surface area contributed by atoms with Crippen molar-refractivity contribution >= 4 is 0 Å². The molecule has 1 aromatic carbocycles. The van der Waals surface area contributed by atoms with Crippen LogP contribution in [0.25, 0.3) is 0 Å². The monoisotopic (exact) mass is 262 g/mol. The van der Waals surface area contributed by atoms with Crippen molar-refractivity contribution in [3.63, 3.8) is 0 Å². The van der Waals surface area contributed by atoms with Gasteiger partial charge in [-0.05, 0) is 38.3 Å². The van der Waals surface area contributed by atoms with Gasteiger partial charge in [-0.3, -0.25) is 4.90 Å². The third kappa shape index (κ3) is 3.28. The average molecular weight is 262 g/mol. The minimum Gasteiger partial charge on any atom is -0.496 e. The Kier molecular flexibility index (Phi) is 4.83. The second-order valence-corrected chi connectivity index (χ2v) is 5.70. The second kappa shape index (κ2) is 6.40. The van der Waals surface area contributed by atoms with Crippen molar-refractivity contribution in [1.82, 2.24) is 4.90 Å². The summed E-state index contributed by atoms with van der Waals surface area (Å²) < 4.78 is 5.41. The number of hydrogen-bond donors (Lipinski definition) is 1. The number of nitrogens with two attached hydrogens (primary N) is 1. The minimum absolute atomic E-state index is 0.0175. The average Bonchev–Trinajstić information content (AvgIpc) is 2.43. The molecule has 3 atom stereocenters. The summed E-state index contributed by atoms with van der Waals surface area (Å²) in [6.07, 6.45) is 2.62. The Morgan fingerprint density at radius 2 is 2.11 bits per heavy atom. The van der Waals surface area contributed by atoms with Gasteiger partial charge in [-0.1, -0.05) is 25.1 Å². The Hall–Kier alpha value is -1.06. The highest BCUT2D eigenvalue weighted by Crippen LogP contribution is 2.28. The van der Waals surface area contributed by atoms with Gasteiger partial charge in [0.15, 0.2) is 0 Å². The van der Waals surface area contributed by atoms with Gasteiger partial charge < -0.3 is 10.5 Å². The second-order valence-electron chi connectivity index (χ2n) is 5.70. The maximum atomic E-state index is 6.39. The molecule has 0 spiro atoms. The highest BCUT2D eigenvalue weighted by Gasteiger charge is 2.26. The molecule has 0 saturated carbocycles. The third-order valence-corrected chi connectivity index (χ3v) is 4.47. The highest BCUT2D eigenvalue weighted by molar-refractivity contribution is 5.35. The van der Waals surface area contributed by atoms with Gasteiger partial charge in [0.2, 0.25) is 0 Å². The van der Waals surface area contributed by atoms with Crippen LogP contribution in [0, 0.1) is 5.92 Å². The molecule has 1 aromatic rings. The largest absolute Gasteiger partial charge is 0.496 e. The lowest BCUT2D eigenvalue weighted by molar-refractivity contribution is 0.107. The van der Waals surface area contributed by atoms with Crippen LogP contribution in [0.1, 0.15) is 38.3 Å². The molecule has 0 aliphatic carbocycles. The number of methoxy groups -OCH3 is 1. The zero-order valence-electron chi connectivity index (χ0n) is 12.3. The number of para-hydroxylation sites is 1. The fourth-order valence-electron chi connectivity index (χ4n) is 3.00. The predicted molar refractivity (Wildman–Crippen MR) is 79.4 cm³/mol. The van der Waals surface area contributed by atoms with Gasteiger partial charge >= 0.3 is 0 Å². The van der Waals surface area contributed by atoms with E-state index in [1.165, 1.54) is 12.8 Å². The van der Waals surface area contributed by atoms with Crippen molar-refractivity contribution in [2.24, 2.45) is 11.7 Å². The van der Waals surface area contributed by atoms with Gasteiger partial charge in [-0.15, -0.1) is 0 Å². The first kappa shape index (κ1) is 14.4. The highest BCUT2D eigenvalue weighted by atomic mass is 16.5. The zero-order valence-corrected chi connectivity index (χ0v) is 12.3. The molecular formula is C16H26N2O. The molecule has 1 saturated heterocycles. The molecule has 1 fully saturated rings. The Bertz CT molecular complexity index is 407. The molecular weight excluding hydrogens is 236 g/mol. The van der Waals surface area contributed by atoms with E-state index < -0.39 is 0 Å². The lowest BCUT2D eigenvalue weighted by Gasteiger charge is -2.39. The summed E-state index contributed by atoms with van der Waals surface area (Å²) in [6.45, 7) is 6.73. The van der Waals surface area contributed by atoms with Crippen LogP contribution >= 0.6 is 0 Å². The number of rotatable bonds is 4. The normalized spacial score (nSPS) is 26.1. The van der Waals surface area contributed by atoms with E-state index in [4.69, 9.17) is 10.5 Å². The zero-order chi connectivity index (χ0) is 13.8. The van der Waals surface area contributed by atoms with Crippen LogP contribution < -0.4 is 10.5 Å². The molecule has 0 amide bonds. The van der Waals surface area contributed by atoms with Gasteiger partial charge in [-0.2, -0.15) is 0 Å². The quantitative estimate of drug-likeness (QED) is 0.907. The van der Waals surface area contributed by atoms with E-state index in [-0.39, 0.29) is 6.04 Å². The van der Waals surface area contributed by atoms with E-state index in [1.54, 1.807) is 7.11 Å². The van der Waals surface area contributed by atoms with Crippen LogP contribution in [-0.4, -0.2) is 31.1 Å². The standard InChI is InChI=1S/C16H26N2O/c1-12-7-6-10-18(13(12)2)11-15(17)14-8-4-5-9-16(14)19-3/h4-5,8-9,12-13,15H,6-7,10-11,17H2,1-3H3. The summed E-state index contributed by atoms with van der Waals surface area (Å²) in [7, 11) is 1.71. The van der Waals surface area contributed by atoms with Gasteiger partial charge in [0, 0.05) is 24.2 Å². The van der Waals surface area contributed by atoms with Crippen molar-refractivity contribution < 1.29 is 4.74 Å². The number of benzene rings is 1. The Labute approximate surface area is 116 Å². The molecule has 0 bridgehead atoms. The smallest absolute Gasteiger partial charge is 0.123 e. The van der Waals surface area contributed by atoms with Gasteiger partial charge in [0.1, 0.15) is 5.75 Å².